The van der Waals surface area contributed by atoms with E-state index in [4.69, 9.17) is 19.9 Å². The molecule has 0 bridgehead atoms. The number of rotatable bonds is 3. The van der Waals surface area contributed by atoms with Gasteiger partial charge in [-0.15, -0.1) is 0 Å². The van der Waals surface area contributed by atoms with Gasteiger partial charge >= 0.3 is 5.95 Å². The second-order valence-electron chi connectivity index (χ2n) is 5.89. The van der Waals surface area contributed by atoms with Gasteiger partial charge in [-0.2, -0.15) is 0 Å². The maximum Gasteiger partial charge on any atom is 0.392 e. The molecule has 8 heteroatoms. The molecule has 22 heavy (non-hydrogen) atoms. The van der Waals surface area contributed by atoms with Crippen LogP contribution in [0.3, 0.4) is 0 Å². The summed E-state index contributed by atoms with van der Waals surface area (Å²) in [7, 11) is 0. The number of imidazole rings is 1. The van der Waals surface area contributed by atoms with Crippen molar-refractivity contribution in [1.29, 1.82) is 0 Å². The van der Waals surface area contributed by atoms with E-state index in [-0.39, 0.29) is 17.8 Å². The van der Waals surface area contributed by atoms with E-state index in [9.17, 15) is 0 Å². The molecule has 2 aromatic heterocycles. The fourth-order valence-electron chi connectivity index (χ4n) is 3.20. The van der Waals surface area contributed by atoms with E-state index in [0.717, 1.165) is 25.7 Å². The van der Waals surface area contributed by atoms with Gasteiger partial charge in [0.25, 0.3) is 11.5 Å². The second-order valence-corrected chi connectivity index (χ2v) is 5.89. The number of fused-ring (bicyclic) bond motifs is 1. The van der Waals surface area contributed by atoms with Crippen LogP contribution in [0.1, 0.15) is 32.1 Å². The number of ether oxygens (including phenoxy) is 3. The Hall–Kier alpha value is -1.93. The highest BCUT2D eigenvalue weighted by molar-refractivity contribution is 5.74. The minimum Gasteiger partial charge on any atom is -0.463 e. The van der Waals surface area contributed by atoms with Crippen molar-refractivity contribution in [3.63, 3.8) is 0 Å². The number of nitrogens with one attached hydrogen (secondary N) is 2. The van der Waals surface area contributed by atoms with Gasteiger partial charge in [-0.1, -0.05) is 6.42 Å². The normalized spacial score (nSPS) is 24.1. The van der Waals surface area contributed by atoms with Gasteiger partial charge in [-0.3, -0.25) is 5.73 Å². The molecule has 4 rings (SSSR count). The zero-order valence-electron chi connectivity index (χ0n) is 12.3. The molecule has 1 saturated carbocycles. The van der Waals surface area contributed by atoms with Crippen LogP contribution in [0.25, 0.3) is 11.2 Å². The van der Waals surface area contributed by atoms with Crippen LogP contribution in [0.15, 0.2) is 6.33 Å². The van der Waals surface area contributed by atoms with Crippen LogP contribution in [0.4, 0.5) is 5.95 Å². The van der Waals surface area contributed by atoms with E-state index in [2.05, 4.69) is 19.9 Å². The topological polar surface area (TPSA) is 109 Å². The van der Waals surface area contributed by atoms with Crippen molar-refractivity contribution in [1.82, 2.24) is 15.0 Å². The van der Waals surface area contributed by atoms with Crippen molar-refractivity contribution in [2.45, 2.75) is 44.0 Å². The van der Waals surface area contributed by atoms with Crippen LogP contribution in [-0.4, -0.2) is 40.1 Å². The summed E-state index contributed by atoms with van der Waals surface area (Å²) in [6.45, 7) is 0.961. The smallest absolute Gasteiger partial charge is 0.392 e. The standard InChI is InChI=1S/C14H19N5O3/c15-13-18-11-10(16-8-17-11)12(19-13)20-6-9-7-21-14(22-9)4-2-1-3-5-14/h8-9H,1-7H2,(H3,15,16,17,18,19)/p+1. The first-order chi connectivity index (χ1) is 10.7. The summed E-state index contributed by atoms with van der Waals surface area (Å²) in [6.07, 6.45) is 7.03. The number of aromatic nitrogens is 4. The number of hydrogen-bond donors (Lipinski definition) is 2. The Labute approximate surface area is 127 Å². The van der Waals surface area contributed by atoms with E-state index in [1.807, 2.05) is 0 Å². The van der Waals surface area contributed by atoms with Crippen LogP contribution < -0.4 is 15.5 Å². The highest BCUT2D eigenvalue weighted by Gasteiger charge is 2.42. The lowest BCUT2D eigenvalue weighted by Crippen LogP contribution is -2.34. The highest BCUT2D eigenvalue weighted by atomic mass is 16.7. The van der Waals surface area contributed by atoms with E-state index in [0.29, 0.717) is 30.3 Å². The van der Waals surface area contributed by atoms with Crippen LogP contribution in [-0.2, 0) is 9.47 Å². The molecule has 3 heterocycles. The molecule has 2 fully saturated rings. The van der Waals surface area contributed by atoms with Crippen LogP contribution in [0.2, 0.25) is 0 Å². The summed E-state index contributed by atoms with van der Waals surface area (Å²) in [6, 6.07) is 0. The highest BCUT2D eigenvalue weighted by Crippen LogP contribution is 2.37. The lowest BCUT2D eigenvalue weighted by atomic mass is 9.94. The van der Waals surface area contributed by atoms with Gasteiger partial charge in [0.2, 0.25) is 0 Å². The van der Waals surface area contributed by atoms with Gasteiger partial charge < -0.3 is 19.2 Å². The monoisotopic (exact) mass is 306 g/mol. The molecule has 0 radical (unpaired) electrons. The Morgan fingerprint density at radius 3 is 3.14 bits per heavy atom. The number of hydrogen-bond acceptors (Lipinski definition) is 6. The molecule has 1 unspecified atom stereocenters. The minimum atomic E-state index is -0.378. The molecule has 8 nitrogen and oxygen atoms in total. The van der Waals surface area contributed by atoms with Crippen molar-refractivity contribution in [2.24, 2.45) is 0 Å². The summed E-state index contributed by atoms with van der Waals surface area (Å²) in [4.78, 5) is 14.1. The largest absolute Gasteiger partial charge is 0.463 e. The summed E-state index contributed by atoms with van der Waals surface area (Å²) in [5.41, 5.74) is 6.94. The number of anilines is 1. The molecular weight excluding hydrogens is 286 g/mol. The van der Waals surface area contributed by atoms with Crippen LogP contribution in [0.5, 0.6) is 5.88 Å². The minimum absolute atomic E-state index is 0.0705. The summed E-state index contributed by atoms with van der Waals surface area (Å²) in [5, 5.41) is 0. The van der Waals surface area contributed by atoms with E-state index in [1.54, 1.807) is 6.33 Å². The van der Waals surface area contributed by atoms with Gasteiger partial charge in [0.15, 0.2) is 11.3 Å². The van der Waals surface area contributed by atoms with Gasteiger partial charge in [-0.05, 0) is 17.8 Å². The van der Waals surface area contributed by atoms with E-state index in [1.165, 1.54) is 6.42 Å². The number of aromatic amines is 2. The van der Waals surface area contributed by atoms with Crippen molar-refractivity contribution >= 4 is 17.1 Å². The van der Waals surface area contributed by atoms with Crippen molar-refractivity contribution in [3.05, 3.63) is 6.33 Å². The quantitative estimate of drug-likeness (QED) is 0.868. The van der Waals surface area contributed by atoms with Crippen LogP contribution in [0, 0.1) is 0 Å². The predicted octanol–water partition coefficient (Wildman–Crippen LogP) is 0.809. The second kappa shape index (κ2) is 5.36. The molecule has 1 saturated heterocycles. The third-order valence-corrected chi connectivity index (χ3v) is 4.26. The first-order valence-electron chi connectivity index (χ1n) is 7.71. The first kappa shape index (κ1) is 13.7. The van der Waals surface area contributed by atoms with Crippen molar-refractivity contribution in [2.75, 3.05) is 18.9 Å². The first-order valence-corrected chi connectivity index (χ1v) is 7.71. The number of H-pyrrole nitrogens is 2. The maximum atomic E-state index is 6.10. The number of nitrogens with two attached hydrogens (primary N) is 1. The number of nitrogens with zero attached hydrogens (tertiary/aromatic N) is 2. The third kappa shape index (κ3) is 2.48. The van der Waals surface area contributed by atoms with Gasteiger partial charge in [0.1, 0.15) is 12.7 Å². The van der Waals surface area contributed by atoms with Crippen LogP contribution >= 0.6 is 0 Å². The molecule has 1 spiro atoms. The molecule has 4 N–H and O–H groups in total. The van der Waals surface area contributed by atoms with Crippen molar-refractivity contribution in [3.8, 4) is 5.88 Å². The molecule has 2 aromatic rings. The van der Waals surface area contributed by atoms with Gasteiger partial charge in [0, 0.05) is 12.8 Å². The van der Waals surface area contributed by atoms with E-state index < -0.39 is 0 Å². The lowest BCUT2D eigenvalue weighted by molar-refractivity contribution is -0.380. The molecule has 0 amide bonds. The molecule has 118 valence electrons. The summed E-state index contributed by atoms with van der Waals surface area (Å²) < 4.78 is 17.8. The molecule has 0 aromatic carbocycles. The molecule has 1 atom stereocenters. The Morgan fingerprint density at radius 1 is 1.41 bits per heavy atom. The Bertz CT molecular complexity index is 668. The molecule has 1 aliphatic heterocycles. The third-order valence-electron chi connectivity index (χ3n) is 4.26. The average molecular weight is 306 g/mol. The number of nitrogen functional groups attached to an aromatic ring is 1. The SMILES string of the molecule is Nc1nc2nc[nH]c2c(OCC2COC3(CCCCC3)O2)[nH+]1. The molecular formula is C14H20N5O3+. The Morgan fingerprint density at radius 2 is 2.27 bits per heavy atom. The van der Waals surface area contributed by atoms with Gasteiger partial charge in [0.05, 0.1) is 12.9 Å². The Balaban J connectivity index is 1.43. The lowest BCUT2D eigenvalue weighted by Gasteiger charge is -2.31. The zero-order chi connectivity index (χ0) is 15.0. The summed E-state index contributed by atoms with van der Waals surface area (Å²) >= 11 is 0. The molecule has 1 aliphatic carbocycles. The fraction of sp³-hybridized carbons (Fsp3) is 0.643. The van der Waals surface area contributed by atoms with Crippen molar-refractivity contribution < 1.29 is 19.2 Å². The van der Waals surface area contributed by atoms with Gasteiger partial charge in [-0.25, -0.2) is 9.97 Å². The maximum absolute atomic E-state index is 6.10. The Kier molecular flexibility index (Phi) is 3.34. The zero-order valence-corrected chi connectivity index (χ0v) is 12.3. The fourth-order valence-corrected chi connectivity index (χ4v) is 3.20. The predicted molar refractivity (Wildman–Crippen MR) is 77.0 cm³/mol. The average Bonchev–Trinajstić information content (AvgIpc) is 3.13. The van der Waals surface area contributed by atoms with E-state index >= 15 is 0 Å². The summed E-state index contributed by atoms with van der Waals surface area (Å²) in [5.74, 6) is 0.409. The molecule has 2 aliphatic rings.